The third-order valence-electron chi connectivity index (χ3n) is 1.45. The molecule has 1 N–H and O–H groups in total. The first-order valence-electron chi connectivity index (χ1n) is 3.75. The van der Waals surface area contributed by atoms with Crippen molar-refractivity contribution in [3.05, 3.63) is 35.9 Å². The smallest absolute Gasteiger partial charge is 0.166 e. The Hall–Kier alpha value is -0.240. The highest BCUT2D eigenvalue weighted by molar-refractivity contribution is 6.47. The molecule has 0 aromatic heterocycles. The molecule has 1 nitrogen and oxygen atoms in total. The van der Waals surface area contributed by atoms with E-state index in [9.17, 15) is 0 Å². The number of hydrogen-bond donors (Lipinski definition) is 1. The first-order valence-corrected chi connectivity index (χ1v) is 4.50. The Morgan fingerprint density at radius 3 is 2.33 bits per heavy atom. The minimum Gasteiger partial charge on any atom is -0.282 e. The van der Waals surface area contributed by atoms with E-state index in [-0.39, 0.29) is 0 Å². The predicted octanol–water partition coefficient (Wildman–Crippen LogP) is 2.93. The van der Waals surface area contributed by atoms with E-state index in [1.54, 1.807) is 6.92 Å². The topological polar surface area (TPSA) is 12.0 Å². The van der Waals surface area contributed by atoms with Crippen LogP contribution in [0.5, 0.6) is 0 Å². The zero-order chi connectivity index (χ0) is 9.03. The number of hydrogen-bond acceptors (Lipinski definition) is 1. The van der Waals surface area contributed by atoms with Crippen LogP contribution < -0.4 is 5.32 Å². The molecule has 0 atom stereocenters. The van der Waals surface area contributed by atoms with Crippen LogP contribution in [0.3, 0.4) is 0 Å². The highest BCUT2D eigenvalue weighted by atomic mass is 35.5. The van der Waals surface area contributed by atoms with Crippen LogP contribution in [-0.2, 0) is 6.54 Å². The van der Waals surface area contributed by atoms with Crippen LogP contribution in [0.25, 0.3) is 0 Å². The summed E-state index contributed by atoms with van der Waals surface area (Å²) in [5.74, 6) is 0. The minimum atomic E-state index is -0.851. The van der Waals surface area contributed by atoms with Crippen LogP contribution in [0.15, 0.2) is 30.3 Å². The van der Waals surface area contributed by atoms with E-state index >= 15 is 0 Å². The van der Waals surface area contributed by atoms with Gasteiger partial charge in [0.2, 0.25) is 0 Å². The number of benzene rings is 1. The van der Waals surface area contributed by atoms with Gasteiger partial charge in [0.15, 0.2) is 4.46 Å². The van der Waals surface area contributed by atoms with E-state index in [1.165, 1.54) is 5.56 Å². The van der Waals surface area contributed by atoms with Crippen LogP contribution in [-0.4, -0.2) is 4.46 Å². The fourth-order valence-electron chi connectivity index (χ4n) is 0.853. The lowest BCUT2D eigenvalue weighted by molar-refractivity contribution is 0.630. The molecule has 3 heteroatoms. The molecule has 12 heavy (non-hydrogen) atoms. The molecule has 0 heterocycles. The summed E-state index contributed by atoms with van der Waals surface area (Å²) in [5, 5.41) is 2.97. The molecule has 66 valence electrons. The lowest BCUT2D eigenvalue weighted by Crippen LogP contribution is -2.29. The van der Waals surface area contributed by atoms with E-state index < -0.39 is 4.46 Å². The Bertz CT molecular complexity index is 228. The van der Waals surface area contributed by atoms with Crippen molar-refractivity contribution in [2.75, 3.05) is 0 Å². The summed E-state index contributed by atoms with van der Waals surface area (Å²) in [6.07, 6.45) is 0. The Kier molecular flexibility index (Phi) is 3.39. The molecule has 0 aliphatic heterocycles. The second kappa shape index (κ2) is 4.13. The quantitative estimate of drug-likeness (QED) is 0.589. The average molecular weight is 204 g/mol. The zero-order valence-electron chi connectivity index (χ0n) is 6.85. The summed E-state index contributed by atoms with van der Waals surface area (Å²) < 4.78 is -0.851. The SMILES string of the molecule is CC(Cl)(Cl)NCc1ccccc1. The van der Waals surface area contributed by atoms with Gasteiger partial charge in [-0.25, -0.2) is 0 Å². The third-order valence-corrected chi connectivity index (χ3v) is 1.71. The fourth-order valence-corrected chi connectivity index (χ4v) is 0.987. The standard InChI is InChI=1S/C9H11Cl2N/c1-9(10,11)12-7-8-5-3-2-4-6-8/h2-6,12H,7H2,1H3. The summed E-state index contributed by atoms with van der Waals surface area (Å²) in [4.78, 5) is 0. The summed E-state index contributed by atoms with van der Waals surface area (Å²) in [7, 11) is 0. The molecule has 0 aliphatic carbocycles. The molecule has 0 aliphatic rings. The number of halogens is 2. The highest BCUT2D eigenvalue weighted by Crippen LogP contribution is 2.15. The van der Waals surface area contributed by atoms with E-state index in [1.807, 2.05) is 30.3 Å². The molecule has 0 radical (unpaired) electrons. The third kappa shape index (κ3) is 3.96. The van der Waals surface area contributed by atoms with Crippen LogP contribution in [0.4, 0.5) is 0 Å². The monoisotopic (exact) mass is 203 g/mol. The second-order valence-electron chi connectivity index (χ2n) is 2.73. The minimum absolute atomic E-state index is 0.685. The molecule has 1 rings (SSSR count). The second-order valence-corrected chi connectivity index (χ2v) is 4.43. The van der Waals surface area contributed by atoms with Crippen LogP contribution >= 0.6 is 23.2 Å². The van der Waals surface area contributed by atoms with Crippen molar-refractivity contribution >= 4 is 23.2 Å². The highest BCUT2D eigenvalue weighted by Gasteiger charge is 2.13. The van der Waals surface area contributed by atoms with Gasteiger partial charge < -0.3 is 0 Å². The molecule has 0 bridgehead atoms. The van der Waals surface area contributed by atoms with Gasteiger partial charge in [-0.3, -0.25) is 5.32 Å². The van der Waals surface area contributed by atoms with Crippen molar-refractivity contribution in [2.24, 2.45) is 0 Å². The van der Waals surface area contributed by atoms with E-state index in [0.717, 1.165) is 0 Å². The summed E-state index contributed by atoms with van der Waals surface area (Å²) >= 11 is 11.5. The summed E-state index contributed by atoms with van der Waals surface area (Å²) in [5.41, 5.74) is 1.17. The predicted molar refractivity (Wildman–Crippen MR) is 53.4 cm³/mol. The van der Waals surface area contributed by atoms with Gasteiger partial charge in [-0.15, -0.1) is 0 Å². The fraction of sp³-hybridized carbons (Fsp3) is 0.333. The van der Waals surface area contributed by atoms with Gasteiger partial charge in [0, 0.05) is 6.54 Å². The van der Waals surface area contributed by atoms with Gasteiger partial charge in [-0.2, -0.15) is 0 Å². The molecular formula is C9H11Cl2N. The Morgan fingerprint density at radius 2 is 1.83 bits per heavy atom. The molecule has 1 aromatic carbocycles. The first-order chi connectivity index (χ1) is 5.58. The summed E-state index contributed by atoms with van der Waals surface area (Å²) in [6, 6.07) is 9.98. The molecule has 0 spiro atoms. The Labute approximate surface area is 82.7 Å². The van der Waals surface area contributed by atoms with Gasteiger partial charge in [0.1, 0.15) is 0 Å². The zero-order valence-corrected chi connectivity index (χ0v) is 8.36. The molecule has 0 saturated carbocycles. The maximum atomic E-state index is 5.74. The Morgan fingerprint density at radius 1 is 1.25 bits per heavy atom. The molecule has 0 unspecified atom stereocenters. The van der Waals surface area contributed by atoms with Gasteiger partial charge in [-0.1, -0.05) is 53.5 Å². The largest absolute Gasteiger partial charge is 0.282 e. The van der Waals surface area contributed by atoms with Crippen molar-refractivity contribution in [2.45, 2.75) is 17.9 Å². The lowest BCUT2D eigenvalue weighted by Gasteiger charge is -2.14. The van der Waals surface area contributed by atoms with Crippen molar-refractivity contribution in [1.82, 2.24) is 5.32 Å². The van der Waals surface area contributed by atoms with Crippen molar-refractivity contribution in [3.63, 3.8) is 0 Å². The molecule has 0 fully saturated rings. The van der Waals surface area contributed by atoms with Gasteiger partial charge in [0.05, 0.1) is 0 Å². The van der Waals surface area contributed by atoms with Crippen LogP contribution in [0, 0.1) is 0 Å². The molecule has 0 amide bonds. The van der Waals surface area contributed by atoms with Crippen LogP contribution in [0.1, 0.15) is 12.5 Å². The Balaban J connectivity index is 2.44. The number of nitrogens with one attached hydrogen (secondary N) is 1. The van der Waals surface area contributed by atoms with E-state index in [0.29, 0.717) is 6.54 Å². The first kappa shape index (κ1) is 9.85. The average Bonchev–Trinajstić information content (AvgIpc) is 2.02. The maximum absolute atomic E-state index is 5.74. The van der Waals surface area contributed by atoms with E-state index in [4.69, 9.17) is 23.2 Å². The van der Waals surface area contributed by atoms with E-state index in [2.05, 4.69) is 5.32 Å². The van der Waals surface area contributed by atoms with Crippen LogP contribution in [0.2, 0.25) is 0 Å². The number of alkyl halides is 2. The normalized spacial score (nSPS) is 11.6. The number of rotatable bonds is 3. The van der Waals surface area contributed by atoms with Gasteiger partial charge in [-0.05, 0) is 12.5 Å². The van der Waals surface area contributed by atoms with Gasteiger partial charge in [0.25, 0.3) is 0 Å². The van der Waals surface area contributed by atoms with Crippen molar-refractivity contribution < 1.29 is 0 Å². The van der Waals surface area contributed by atoms with Crippen molar-refractivity contribution in [3.8, 4) is 0 Å². The molecule has 0 saturated heterocycles. The maximum Gasteiger partial charge on any atom is 0.166 e. The van der Waals surface area contributed by atoms with Gasteiger partial charge >= 0.3 is 0 Å². The summed E-state index contributed by atoms with van der Waals surface area (Å²) in [6.45, 7) is 2.39. The van der Waals surface area contributed by atoms with Crippen molar-refractivity contribution in [1.29, 1.82) is 0 Å². The molecule has 1 aromatic rings. The molecular weight excluding hydrogens is 193 g/mol. The lowest BCUT2D eigenvalue weighted by atomic mass is 10.2.